The number of aryl methyl sites for hydroxylation is 1. The monoisotopic (exact) mass is 353 g/mol. The number of rotatable bonds is 3. The van der Waals surface area contributed by atoms with E-state index in [4.69, 9.17) is 0 Å². The highest BCUT2D eigenvalue weighted by Crippen LogP contribution is 2.29. The van der Waals surface area contributed by atoms with E-state index in [1.54, 1.807) is 0 Å². The molecule has 2 rings (SSSR count). The molecule has 0 aliphatic heterocycles. The fourth-order valence-corrected chi connectivity index (χ4v) is 1.78. The van der Waals surface area contributed by atoms with Crippen LogP contribution in [0, 0.1) is 0 Å². The number of benzene rings is 1. The molecular weight excluding hydrogens is 344 g/mol. The second-order valence-electron chi connectivity index (χ2n) is 4.56. The van der Waals surface area contributed by atoms with Gasteiger partial charge < -0.3 is 10.1 Å². The van der Waals surface area contributed by atoms with Crippen LogP contribution in [0.5, 0.6) is 5.75 Å². The van der Waals surface area contributed by atoms with Gasteiger partial charge in [-0.3, -0.25) is 9.48 Å². The normalized spacial score (nSPS) is 12.1. The molecule has 2 aromatic rings. The number of hydrogen-bond acceptors (Lipinski definition) is 3. The average molecular weight is 353 g/mol. The first-order valence-electron chi connectivity index (χ1n) is 6.24. The summed E-state index contributed by atoms with van der Waals surface area (Å²) in [4.78, 5) is 11.9. The summed E-state index contributed by atoms with van der Waals surface area (Å²) in [5, 5.41) is 5.67. The molecule has 1 N–H and O–H groups in total. The van der Waals surface area contributed by atoms with E-state index in [0.29, 0.717) is 10.7 Å². The smallest absolute Gasteiger partial charge is 0.406 e. The van der Waals surface area contributed by atoms with Crippen LogP contribution in [0.15, 0.2) is 30.3 Å². The van der Waals surface area contributed by atoms with Gasteiger partial charge in [0.2, 0.25) is 0 Å². The van der Waals surface area contributed by atoms with E-state index in [1.807, 2.05) is 0 Å². The average Bonchev–Trinajstić information content (AvgIpc) is 2.81. The van der Waals surface area contributed by atoms with Gasteiger partial charge >= 0.3 is 12.5 Å². The van der Waals surface area contributed by atoms with Crippen molar-refractivity contribution in [2.24, 2.45) is 7.05 Å². The third-order valence-corrected chi connectivity index (χ3v) is 2.75. The maximum atomic E-state index is 12.6. The summed E-state index contributed by atoms with van der Waals surface area (Å²) >= 11 is 0. The van der Waals surface area contributed by atoms with Crippen LogP contribution in [-0.2, 0) is 13.2 Å². The lowest BCUT2D eigenvalue weighted by Gasteiger charge is -2.09. The van der Waals surface area contributed by atoms with Crippen LogP contribution in [0.25, 0.3) is 0 Å². The Bertz CT molecular complexity index is 734. The highest BCUT2D eigenvalue weighted by Gasteiger charge is 2.35. The van der Waals surface area contributed by atoms with Crippen LogP contribution < -0.4 is 10.1 Å². The van der Waals surface area contributed by atoms with Gasteiger partial charge in [0, 0.05) is 18.8 Å². The van der Waals surface area contributed by atoms with Crippen molar-refractivity contribution in [3.63, 3.8) is 0 Å². The molecule has 130 valence electrons. The van der Waals surface area contributed by atoms with E-state index < -0.39 is 35.6 Å². The Morgan fingerprint density at radius 3 is 2.17 bits per heavy atom. The quantitative estimate of drug-likeness (QED) is 0.858. The Kier molecular flexibility index (Phi) is 4.45. The van der Waals surface area contributed by atoms with E-state index in [1.165, 1.54) is 0 Å². The fourth-order valence-electron chi connectivity index (χ4n) is 1.78. The molecule has 0 atom stereocenters. The number of nitrogens with one attached hydrogen (secondary N) is 1. The maximum absolute atomic E-state index is 12.6. The van der Waals surface area contributed by atoms with Crippen molar-refractivity contribution in [1.82, 2.24) is 9.78 Å². The maximum Gasteiger partial charge on any atom is 0.573 e. The van der Waals surface area contributed by atoms with Gasteiger partial charge in [-0.05, 0) is 24.3 Å². The fraction of sp³-hybridized carbons (Fsp3) is 0.231. The SMILES string of the molecule is Cn1nc(C(=O)Nc2ccc(OC(F)(F)F)cc2)cc1C(F)(F)F. The van der Waals surface area contributed by atoms with Crippen molar-refractivity contribution in [3.05, 3.63) is 41.7 Å². The van der Waals surface area contributed by atoms with Crippen LogP contribution in [-0.4, -0.2) is 22.1 Å². The van der Waals surface area contributed by atoms with E-state index >= 15 is 0 Å². The third-order valence-electron chi connectivity index (χ3n) is 2.75. The molecule has 5 nitrogen and oxygen atoms in total. The minimum absolute atomic E-state index is 0.0636. The Hall–Kier alpha value is -2.72. The number of halogens is 6. The first-order valence-corrected chi connectivity index (χ1v) is 6.24. The molecule has 11 heteroatoms. The molecule has 24 heavy (non-hydrogen) atoms. The zero-order chi connectivity index (χ0) is 18.1. The number of nitrogens with zero attached hydrogens (tertiary/aromatic N) is 2. The lowest BCUT2D eigenvalue weighted by molar-refractivity contribution is -0.274. The number of carbonyl (C=O) groups excluding carboxylic acids is 1. The van der Waals surface area contributed by atoms with Gasteiger partial charge in [-0.15, -0.1) is 13.2 Å². The molecule has 1 aromatic carbocycles. The van der Waals surface area contributed by atoms with E-state index in [2.05, 4.69) is 15.2 Å². The van der Waals surface area contributed by atoms with Gasteiger partial charge in [0.15, 0.2) is 5.69 Å². The summed E-state index contributed by atoms with van der Waals surface area (Å²) < 4.78 is 78.1. The van der Waals surface area contributed by atoms with Gasteiger partial charge in [0.05, 0.1) is 0 Å². The number of alkyl halides is 6. The van der Waals surface area contributed by atoms with Crippen molar-refractivity contribution < 1.29 is 35.9 Å². The molecule has 0 fully saturated rings. The minimum Gasteiger partial charge on any atom is -0.406 e. The van der Waals surface area contributed by atoms with Crippen molar-refractivity contribution >= 4 is 11.6 Å². The highest BCUT2D eigenvalue weighted by atomic mass is 19.4. The molecular formula is C13H9F6N3O2. The summed E-state index contributed by atoms with van der Waals surface area (Å²) in [6, 6.07) is 4.67. The number of amides is 1. The molecule has 0 spiro atoms. The summed E-state index contributed by atoms with van der Waals surface area (Å²) in [6.07, 6.45) is -9.52. The van der Waals surface area contributed by atoms with Gasteiger partial charge in [-0.1, -0.05) is 0 Å². The molecule has 0 bridgehead atoms. The highest BCUT2D eigenvalue weighted by molar-refractivity contribution is 6.02. The Balaban J connectivity index is 2.10. The van der Waals surface area contributed by atoms with E-state index in [-0.39, 0.29) is 5.69 Å². The molecule has 0 aliphatic rings. The van der Waals surface area contributed by atoms with Gasteiger partial charge in [0.1, 0.15) is 11.4 Å². The van der Waals surface area contributed by atoms with Gasteiger partial charge in [-0.2, -0.15) is 18.3 Å². The molecule has 0 radical (unpaired) electrons. The number of hydrogen-bond donors (Lipinski definition) is 1. The summed E-state index contributed by atoms with van der Waals surface area (Å²) in [5.74, 6) is -1.44. The minimum atomic E-state index is -4.85. The molecule has 0 aliphatic carbocycles. The lowest BCUT2D eigenvalue weighted by atomic mass is 10.3. The second kappa shape index (κ2) is 6.06. The Morgan fingerprint density at radius 2 is 1.71 bits per heavy atom. The number of ether oxygens (including phenoxy) is 1. The van der Waals surface area contributed by atoms with E-state index in [9.17, 15) is 31.1 Å². The van der Waals surface area contributed by atoms with Crippen LogP contribution in [0.2, 0.25) is 0 Å². The van der Waals surface area contributed by atoms with Crippen LogP contribution >= 0.6 is 0 Å². The van der Waals surface area contributed by atoms with Crippen molar-refractivity contribution in [3.8, 4) is 5.75 Å². The predicted molar refractivity (Wildman–Crippen MR) is 69.3 cm³/mol. The molecule has 0 unspecified atom stereocenters. The van der Waals surface area contributed by atoms with Crippen LogP contribution in [0.3, 0.4) is 0 Å². The summed E-state index contributed by atoms with van der Waals surface area (Å²) in [6.45, 7) is 0. The predicted octanol–water partition coefficient (Wildman–Crippen LogP) is 3.59. The first-order chi connectivity index (χ1) is 11.0. The molecule has 0 saturated carbocycles. The first kappa shape index (κ1) is 17.6. The molecule has 1 amide bonds. The van der Waals surface area contributed by atoms with Crippen LogP contribution in [0.4, 0.5) is 32.0 Å². The van der Waals surface area contributed by atoms with Crippen molar-refractivity contribution in [2.45, 2.75) is 12.5 Å². The second-order valence-corrected chi connectivity index (χ2v) is 4.56. The Morgan fingerprint density at radius 1 is 1.12 bits per heavy atom. The number of carbonyl (C=O) groups is 1. The number of anilines is 1. The molecule has 1 heterocycles. The standard InChI is InChI=1S/C13H9F6N3O2/c1-22-10(12(14,15)16)6-9(21-22)11(23)20-7-2-4-8(5-3-7)24-13(17,18)19/h2-6H,1H3,(H,20,23). The Labute approximate surface area is 130 Å². The zero-order valence-electron chi connectivity index (χ0n) is 11.9. The van der Waals surface area contributed by atoms with Crippen molar-refractivity contribution in [2.75, 3.05) is 5.32 Å². The van der Waals surface area contributed by atoms with Crippen molar-refractivity contribution in [1.29, 1.82) is 0 Å². The lowest BCUT2D eigenvalue weighted by Crippen LogP contribution is -2.17. The summed E-state index contributed by atoms with van der Waals surface area (Å²) in [5.41, 5.74) is -1.53. The molecule has 0 saturated heterocycles. The zero-order valence-corrected chi connectivity index (χ0v) is 11.9. The third kappa shape index (κ3) is 4.40. The topological polar surface area (TPSA) is 56.2 Å². The van der Waals surface area contributed by atoms with E-state index in [0.717, 1.165) is 31.3 Å². The summed E-state index contributed by atoms with van der Waals surface area (Å²) in [7, 11) is 1.03. The number of aromatic nitrogens is 2. The molecule has 1 aromatic heterocycles. The van der Waals surface area contributed by atoms with Crippen LogP contribution in [0.1, 0.15) is 16.2 Å². The van der Waals surface area contributed by atoms with Gasteiger partial charge in [-0.25, -0.2) is 0 Å². The van der Waals surface area contributed by atoms with Gasteiger partial charge in [0.25, 0.3) is 5.91 Å². The largest absolute Gasteiger partial charge is 0.573 e.